The summed E-state index contributed by atoms with van der Waals surface area (Å²) in [6, 6.07) is 0.846. The van der Waals surface area contributed by atoms with Crippen LogP contribution in [0.5, 0.6) is 0 Å². The Hall–Kier alpha value is -2.00. The molecule has 0 unspecified atom stereocenters. The molecule has 0 aliphatic carbocycles. The van der Waals surface area contributed by atoms with Crippen molar-refractivity contribution in [2.75, 3.05) is 0 Å². The van der Waals surface area contributed by atoms with Gasteiger partial charge in [0.15, 0.2) is 0 Å². The van der Waals surface area contributed by atoms with Crippen LogP contribution in [-0.4, -0.2) is 30.5 Å². The molecule has 0 saturated heterocycles. The average Bonchev–Trinajstić information content (AvgIpc) is 2.31. The highest BCUT2D eigenvalue weighted by molar-refractivity contribution is 7.89. The lowest BCUT2D eigenvalue weighted by atomic mass is 10.1. The topological polar surface area (TPSA) is 127 Å². The van der Waals surface area contributed by atoms with Gasteiger partial charge in [-0.05, 0) is 32.4 Å². The highest BCUT2D eigenvalue weighted by atomic mass is 32.2. The number of nitro benzene ring substituents is 1. The van der Waals surface area contributed by atoms with Crippen LogP contribution in [0.2, 0.25) is 0 Å². The van der Waals surface area contributed by atoms with E-state index in [9.17, 15) is 23.3 Å². The van der Waals surface area contributed by atoms with Gasteiger partial charge in [0.05, 0.1) is 9.82 Å². The van der Waals surface area contributed by atoms with Crippen LogP contribution in [0.25, 0.3) is 0 Å². The maximum absolute atomic E-state index is 12.0. The highest BCUT2D eigenvalue weighted by Crippen LogP contribution is 2.25. The van der Waals surface area contributed by atoms with Crippen molar-refractivity contribution in [1.29, 1.82) is 0 Å². The molecule has 0 fully saturated rings. The summed E-state index contributed by atoms with van der Waals surface area (Å²) in [5.74, 6) is -1.34. The van der Waals surface area contributed by atoms with E-state index in [1.165, 1.54) is 13.0 Å². The van der Waals surface area contributed by atoms with Gasteiger partial charge in [0.2, 0.25) is 10.0 Å². The van der Waals surface area contributed by atoms with E-state index in [-0.39, 0.29) is 10.6 Å². The van der Waals surface area contributed by atoms with Gasteiger partial charge in [-0.25, -0.2) is 8.42 Å². The maximum atomic E-state index is 12.0. The third kappa shape index (κ3) is 3.31. The lowest BCUT2D eigenvalue weighted by Gasteiger charge is -2.11. The Balaban J connectivity index is 3.33. The number of benzene rings is 1. The molecule has 0 aromatic heterocycles. The van der Waals surface area contributed by atoms with Crippen molar-refractivity contribution in [2.45, 2.75) is 31.7 Å². The van der Waals surface area contributed by atoms with Crippen LogP contribution < -0.4 is 4.72 Å². The number of carbonyl (C=O) groups is 1. The predicted octanol–water partition coefficient (Wildman–Crippen LogP) is 0.963. The Morgan fingerprint density at radius 1 is 1.40 bits per heavy atom. The van der Waals surface area contributed by atoms with Crippen LogP contribution in [-0.2, 0) is 14.8 Å². The highest BCUT2D eigenvalue weighted by Gasteiger charge is 2.25. The summed E-state index contributed by atoms with van der Waals surface area (Å²) in [6.45, 7) is 4.22. The summed E-state index contributed by atoms with van der Waals surface area (Å²) < 4.78 is 25.9. The number of hydrogen-bond acceptors (Lipinski definition) is 5. The first kappa shape index (κ1) is 16.1. The number of aliphatic carboxylic acids is 1. The standard InChI is InChI=1S/C11H14N2O6S/c1-6-4-9(5-10(7(6)2)13(16)17)20(18,19)12-8(3)11(14)15/h4-5,8,12H,1-3H3,(H,14,15)/t8-/m0/s1. The molecule has 110 valence electrons. The predicted molar refractivity (Wildman–Crippen MR) is 70.0 cm³/mol. The number of sulfonamides is 1. The second-order valence-corrected chi connectivity index (χ2v) is 6.04. The quantitative estimate of drug-likeness (QED) is 0.616. The van der Waals surface area contributed by atoms with Gasteiger partial charge in [-0.15, -0.1) is 0 Å². The number of nitro groups is 1. The molecule has 2 N–H and O–H groups in total. The SMILES string of the molecule is Cc1cc(S(=O)(=O)N[C@@H](C)C(=O)O)cc([N+](=O)[O-])c1C. The summed E-state index contributed by atoms with van der Waals surface area (Å²) >= 11 is 0. The first-order valence-corrected chi connectivity index (χ1v) is 7.05. The van der Waals surface area contributed by atoms with Crippen molar-refractivity contribution in [3.63, 3.8) is 0 Å². The number of aryl methyl sites for hydroxylation is 1. The fraction of sp³-hybridized carbons (Fsp3) is 0.364. The summed E-state index contributed by atoms with van der Waals surface area (Å²) in [4.78, 5) is 20.5. The van der Waals surface area contributed by atoms with Gasteiger partial charge in [0.25, 0.3) is 5.69 Å². The first-order valence-electron chi connectivity index (χ1n) is 5.57. The van der Waals surface area contributed by atoms with Crippen LogP contribution >= 0.6 is 0 Å². The molecular weight excluding hydrogens is 288 g/mol. The minimum Gasteiger partial charge on any atom is -0.480 e. The molecule has 9 heteroatoms. The minimum absolute atomic E-state index is 0.326. The zero-order valence-corrected chi connectivity index (χ0v) is 11.9. The molecular formula is C11H14N2O6S. The largest absolute Gasteiger partial charge is 0.480 e. The fourth-order valence-electron chi connectivity index (χ4n) is 1.50. The van der Waals surface area contributed by atoms with Crippen molar-refractivity contribution in [2.24, 2.45) is 0 Å². The maximum Gasteiger partial charge on any atom is 0.321 e. The molecule has 0 radical (unpaired) electrons. The van der Waals surface area contributed by atoms with E-state index in [1.54, 1.807) is 6.92 Å². The zero-order chi connectivity index (χ0) is 15.7. The van der Waals surface area contributed by atoms with Crippen molar-refractivity contribution < 1.29 is 23.2 Å². The van der Waals surface area contributed by atoms with Gasteiger partial charge >= 0.3 is 5.97 Å². The van der Waals surface area contributed by atoms with E-state index in [0.29, 0.717) is 11.1 Å². The Labute approximate surface area is 115 Å². The molecule has 20 heavy (non-hydrogen) atoms. The molecule has 8 nitrogen and oxygen atoms in total. The molecule has 0 spiro atoms. The Morgan fingerprint density at radius 3 is 2.40 bits per heavy atom. The van der Waals surface area contributed by atoms with E-state index in [2.05, 4.69) is 0 Å². The fourth-order valence-corrected chi connectivity index (χ4v) is 2.81. The summed E-state index contributed by atoms with van der Waals surface area (Å²) in [5.41, 5.74) is 0.469. The van der Waals surface area contributed by atoms with Gasteiger partial charge < -0.3 is 5.11 Å². The van der Waals surface area contributed by atoms with E-state index in [1.807, 2.05) is 4.72 Å². The van der Waals surface area contributed by atoms with Crippen molar-refractivity contribution in [3.05, 3.63) is 33.4 Å². The lowest BCUT2D eigenvalue weighted by molar-refractivity contribution is -0.385. The molecule has 0 bridgehead atoms. The van der Waals surface area contributed by atoms with Gasteiger partial charge in [0.1, 0.15) is 6.04 Å². The summed E-state index contributed by atoms with van der Waals surface area (Å²) in [5, 5.41) is 19.6. The van der Waals surface area contributed by atoms with Crippen molar-refractivity contribution >= 4 is 21.7 Å². The van der Waals surface area contributed by atoms with E-state index < -0.39 is 27.0 Å². The molecule has 1 aromatic rings. The average molecular weight is 302 g/mol. The number of hydrogen-bond donors (Lipinski definition) is 2. The number of nitrogens with one attached hydrogen (secondary N) is 1. The van der Waals surface area contributed by atoms with E-state index >= 15 is 0 Å². The number of rotatable bonds is 5. The normalized spacial score (nSPS) is 12.9. The van der Waals surface area contributed by atoms with Crippen LogP contribution in [0.3, 0.4) is 0 Å². The van der Waals surface area contributed by atoms with E-state index in [4.69, 9.17) is 5.11 Å². The molecule has 0 saturated carbocycles. The second kappa shape index (κ2) is 5.55. The number of carboxylic acid groups (broad SMARTS) is 1. The molecule has 1 aromatic carbocycles. The van der Waals surface area contributed by atoms with Crippen molar-refractivity contribution in [1.82, 2.24) is 4.72 Å². The van der Waals surface area contributed by atoms with Gasteiger partial charge in [0, 0.05) is 11.6 Å². The third-order valence-electron chi connectivity index (χ3n) is 2.82. The summed E-state index contributed by atoms with van der Waals surface area (Å²) in [7, 11) is -4.14. The number of carboxylic acids is 1. The van der Waals surface area contributed by atoms with Gasteiger partial charge in [-0.1, -0.05) is 0 Å². The molecule has 0 amide bonds. The second-order valence-electron chi connectivity index (χ2n) is 4.32. The molecule has 1 atom stereocenters. The lowest BCUT2D eigenvalue weighted by Crippen LogP contribution is -2.38. The number of nitrogens with zero attached hydrogens (tertiary/aromatic N) is 1. The Bertz CT molecular complexity index is 668. The van der Waals surface area contributed by atoms with Crippen molar-refractivity contribution in [3.8, 4) is 0 Å². The third-order valence-corrected chi connectivity index (χ3v) is 4.34. The molecule has 0 aliphatic heterocycles. The molecule has 1 rings (SSSR count). The van der Waals surface area contributed by atoms with Crippen LogP contribution in [0.15, 0.2) is 17.0 Å². The monoisotopic (exact) mass is 302 g/mol. The molecule has 0 heterocycles. The Morgan fingerprint density at radius 2 is 1.95 bits per heavy atom. The zero-order valence-electron chi connectivity index (χ0n) is 11.1. The molecule has 0 aliphatic rings. The smallest absolute Gasteiger partial charge is 0.321 e. The minimum atomic E-state index is -4.14. The first-order chi connectivity index (χ1) is 9.06. The Kier molecular flexibility index (Phi) is 4.46. The summed E-state index contributed by atoms with van der Waals surface area (Å²) in [6.07, 6.45) is 0. The van der Waals surface area contributed by atoms with Gasteiger partial charge in [-0.2, -0.15) is 4.72 Å². The van der Waals surface area contributed by atoms with E-state index in [0.717, 1.165) is 13.0 Å². The van der Waals surface area contributed by atoms with Crippen LogP contribution in [0.4, 0.5) is 5.69 Å². The van der Waals surface area contributed by atoms with Gasteiger partial charge in [-0.3, -0.25) is 14.9 Å². The van der Waals surface area contributed by atoms with Crippen LogP contribution in [0.1, 0.15) is 18.1 Å². The van der Waals surface area contributed by atoms with Crippen LogP contribution in [0, 0.1) is 24.0 Å².